The van der Waals surface area contributed by atoms with Crippen LogP contribution in [0.15, 0.2) is 47.1 Å². The normalized spacial score (nSPS) is 34.6. The van der Waals surface area contributed by atoms with E-state index in [-0.39, 0.29) is 48.1 Å². The summed E-state index contributed by atoms with van der Waals surface area (Å²) >= 11 is 0. The van der Waals surface area contributed by atoms with Crippen LogP contribution in [0.4, 0.5) is 0 Å². The van der Waals surface area contributed by atoms with Gasteiger partial charge in [0.2, 0.25) is 0 Å². The number of carbonyl (C=O) groups is 3. The van der Waals surface area contributed by atoms with Crippen molar-refractivity contribution in [1.29, 1.82) is 0 Å². The van der Waals surface area contributed by atoms with Gasteiger partial charge in [-0.05, 0) is 98.5 Å². The lowest BCUT2D eigenvalue weighted by Gasteiger charge is -2.58. The molecule has 0 bridgehead atoms. The Morgan fingerprint density at radius 1 is 1.05 bits per heavy atom. The van der Waals surface area contributed by atoms with Gasteiger partial charge < -0.3 is 15.3 Å². The van der Waals surface area contributed by atoms with Crippen molar-refractivity contribution in [3.8, 4) is 0 Å². The summed E-state index contributed by atoms with van der Waals surface area (Å²) in [5.41, 5.74) is 3.59. The van der Waals surface area contributed by atoms with Crippen LogP contribution in [0.25, 0.3) is 0 Å². The van der Waals surface area contributed by atoms with Crippen molar-refractivity contribution in [1.82, 2.24) is 5.32 Å². The van der Waals surface area contributed by atoms with Gasteiger partial charge in [-0.15, -0.1) is 0 Å². The lowest BCUT2D eigenvalue weighted by molar-refractivity contribution is -0.137. The van der Waals surface area contributed by atoms with Crippen LogP contribution in [0.5, 0.6) is 0 Å². The number of ketones is 1. The first-order valence-electron chi connectivity index (χ1n) is 15.1. The van der Waals surface area contributed by atoms with Crippen molar-refractivity contribution in [2.75, 3.05) is 13.2 Å². The molecule has 4 aliphatic rings. The minimum absolute atomic E-state index is 0.0566. The summed E-state index contributed by atoms with van der Waals surface area (Å²) in [7, 11) is 0. The summed E-state index contributed by atoms with van der Waals surface area (Å²) < 4.78 is 0. The summed E-state index contributed by atoms with van der Waals surface area (Å²) in [4.78, 5) is 41.6. The molecule has 7 atom stereocenters. The molecule has 2 N–H and O–H groups in total. The van der Waals surface area contributed by atoms with Gasteiger partial charge in [0.05, 0.1) is 12.1 Å². The van der Waals surface area contributed by atoms with Crippen LogP contribution in [0.3, 0.4) is 0 Å². The maximum absolute atomic E-state index is 12.4. The van der Waals surface area contributed by atoms with Gasteiger partial charge in [0.1, 0.15) is 5.78 Å². The highest BCUT2D eigenvalue weighted by Crippen LogP contribution is 2.66. The second kappa shape index (κ2) is 11.5. The molecule has 0 radical (unpaired) electrons. The molecule has 216 valence electrons. The molecular formula is C33H44N2O5. The Labute approximate surface area is 237 Å². The molecule has 0 saturated heterocycles. The number of benzene rings is 1. The van der Waals surface area contributed by atoms with Gasteiger partial charge in [-0.2, -0.15) is 0 Å². The van der Waals surface area contributed by atoms with Crippen molar-refractivity contribution in [2.24, 2.45) is 39.7 Å². The van der Waals surface area contributed by atoms with Gasteiger partial charge in [-0.1, -0.05) is 54.9 Å². The number of allylic oxidation sites excluding steroid dienone is 2. The second-order valence-electron chi connectivity index (χ2n) is 13.2. The first-order chi connectivity index (χ1) is 19.1. The molecule has 3 fully saturated rings. The quantitative estimate of drug-likeness (QED) is 0.374. The molecule has 40 heavy (non-hydrogen) atoms. The van der Waals surface area contributed by atoms with Crippen molar-refractivity contribution in [2.45, 2.75) is 84.5 Å². The number of aliphatic carboxylic acids is 1. The number of nitrogens with one attached hydrogen (secondary N) is 1. The van der Waals surface area contributed by atoms with Gasteiger partial charge in [-0.25, -0.2) is 0 Å². The van der Waals surface area contributed by atoms with Gasteiger partial charge in [0.25, 0.3) is 5.91 Å². The zero-order chi connectivity index (χ0) is 28.5. The van der Waals surface area contributed by atoms with Crippen molar-refractivity contribution in [3.63, 3.8) is 0 Å². The molecule has 7 heteroatoms. The molecule has 0 aromatic heterocycles. The third-order valence-electron chi connectivity index (χ3n) is 11.1. The summed E-state index contributed by atoms with van der Waals surface area (Å²) in [6.45, 7) is 6.67. The highest BCUT2D eigenvalue weighted by Gasteiger charge is 2.59. The zero-order valence-electron chi connectivity index (χ0n) is 24.2. The molecule has 0 spiro atoms. The Bertz CT molecular complexity index is 1190. The van der Waals surface area contributed by atoms with E-state index in [0.717, 1.165) is 43.4 Å². The molecule has 0 heterocycles. The van der Waals surface area contributed by atoms with Crippen LogP contribution in [-0.2, 0) is 19.2 Å². The average Bonchev–Trinajstić information content (AvgIpc) is 3.29. The number of nitrogens with zero attached hydrogens (tertiary/aromatic N) is 1. The summed E-state index contributed by atoms with van der Waals surface area (Å²) in [5, 5.41) is 16.4. The Kier molecular flexibility index (Phi) is 8.21. The monoisotopic (exact) mass is 548 g/mol. The summed E-state index contributed by atoms with van der Waals surface area (Å²) in [5.74, 6) is 1.13. The first-order valence-corrected chi connectivity index (χ1v) is 15.1. The number of carbonyl (C=O) groups excluding carboxylic acids is 2. The van der Waals surface area contributed by atoms with Crippen LogP contribution in [0, 0.1) is 34.5 Å². The summed E-state index contributed by atoms with van der Waals surface area (Å²) in [6.07, 6.45) is 10.9. The number of hydrogen-bond acceptors (Lipinski definition) is 5. The summed E-state index contributed by atoms with van der Waals surface area (Å²) in [6, 6.07) is 9.37. The zero-order valence-corrected chi connectivity index (χ0v) is 24.2. The van der Waals surface area contributed by atoms with Crippen molar-refractivity contribution in [3.05, 3.63) is 47.5 Å². The standard InChI is InChI=1S/C33H44N2O5/c1-21(36)27-11-12-28-26-10-9-24-18-25(13-15-32(24,2)29(26)14-16-33(27,28)3)35-40-20-30(37)34-19-23(17-31(38)39)22-7-5-4-6-8-22/h4-8,18,23,26-29H,9-17,19-20H2,1-3H3,(H,34,37)(H,38,39)/t23-,26-,27-,28+,29-,32-,33+/m0/s1. The lowest BCUT2D eigenvalue weighted by Crippen LogP contribution is -2.51. The van der Waals surface area contributed by atoms with E-state index in [0.29, 0.717) is 23.5 Å². The Morgan fingerprint density at radius 2 is 1.82 bits per heavy atom. The molecule has 5 rings (SSSR count). The van der Waals surface area contributed by atoms with E-state index in [1.807, 2.05) is 30.3 Å². The molecule has 0 unspecified atom stereocenters. The molecular weight excluding hydrogens is 504 g/mol. The third-order valence-corrected chi connectivity index (χ3v) is 11.1. The number of carboxylic acids is 1. The second-order valence-corrected chi connectivity index (χ2v) is 13.2. The SMILES string of the molecule is CC(=O)[C@@H]1CC[C@@H]2[C@@H]3CCC4=CC(=NOCC(=O)NC[C@H](CC(=O)O)c5ccccc5)CC[C@]4(C)[C@H]3CC[C@@]21C. The Morgan fingerprint density at radius 3 is 2.55 bits per heavy atom. The van der Waals surface area contributed by atoms with Crippen LogP contribution in [0.2, 0.25) is 0 Å². The molecule has 1 aromatic rings. The smallest absolute Gasteiger partial charge is 0.304 e. The molecule has 4 aliphatic carbocycles. The van der Waals surface area contributed by atoms with Crippen LogP contribution in [0.1, 0.15) is 90.0 Å². The average molecular weight is 549 g/mol. The van der Waals surface area contributed by atoms with E-state index in [4.69, 9.17) is 4.84 Å². The van der Waals surface area contributed by atoms with Crippen LogP contribution >= 0.6 is 0 Å². The van der Waals surface area contributed by atoms with E-state index in [9.17, 15) is 19.5 Å². The van der Waals surface area contributed by atoms with E-state index in [1.54, 1.807) is 6.92 Å². The van der Waals surface area contributed by atoms with Gasteiger partial charge in [0, 0.05) is 18.4 Å². The maximum atomic E-state index is 12.4. The number of hydrogen-bond donors (Lipinski definition) is 2. The van der Waals surface area contributed by atoms with E-state index in [2.05, 4.69) is 30.4 Å². The number of amides is 1. The Hall–Kier alpha value is -2.96. The molecule has 0 aliphatic heterocycles. The predicted octanol–water partition coefficient (Wildman–Crippen LogP) is 5.90. The fraction of sp³-hybridized carbons (Fsp3) is 0.636. The van der Waals surface area contributed by atoms with Gasteiger partial charge in [-0.3, -0.25) is 14.4 Å². The first kappa shape index (κ1) is 28.6. The highest BCUT2D eigenvalue weighted by molar-refractivity contribution is 5.96. The molecule has 7 nitrogen and oxygen atoms in total. The number of oxime groups is 1. The maximum Gasteiger partial charge on any atom is 0.304 e. The predicted molar refractivity (Wildman–Crippen MR) is 154 cm³/mol. The lowest BCUT2D eigenvalue weighted by atomic mass is 9.46. The number of Topliss-reactive ketones (excluding diaryl/α,β-unsaturated/α-hetero) is 1. The minimum Gasteiger partial charge on any atom is -0.481 e. The largest absolute Gasteiger partial charge is 0.481 e. The van der Waals surface area contributed by atoms with E-state index >= 15 is 0 Å². The number of rotatable bonds is 9. The van der Waals surface area contributed by atoms with Crippen LogP contribution in [-0.4, -0.2) is 41.6 Å². The number of carboxylic acid groups (broad SMARTS) is 1. The van der Waals surface area contributed by atoms with Gasteiger partial charge >= 0.3 is 5.97 Å². The molecule has 1 amide bonds. The highest BCUT2D eigenvalue weighted by atomic mass is 16.6. The molecule has 3 saturated carbocycles. The van der Waals surface area contributed by atoms with Crippen LogP contribution < -0.4 is 5.32 Å². The fourth-order valence-electron chi connectivity index (χ4n) is 9.02. The van der Waals surface area contributed by atoms with Crippen molar-refractivity contribution >= 4 is 23.4 Å². The van der Waals surface area contributed by atoms with E-state index in [1.165, 1.54) is 24.8 Å². The minimum atomic E-state index is -0.900. The van der Waals surface area contributed by atoms with E-state index < -0.39 is 5.97 Å². The van der Waals surface area contributed by atoms with Gasteiger partial charge in [0.15, 0.2) is 6.61 Å². The molecule has 1 aromatic carbocycles. The number of fused-ring (bicyclic) bond motifs is 5. The van der Waals surface area contributed by atoms with Crippen molar-refractivity contribution < 1.29 is 24.3 Å². The fourth-order valence-corrected chi connectivity index (χ4v) is 9.02. The third kappa shape index (κ3) is 5.48. The topological polar surface area (TPSA) is 105 Å². The Balaban J connectivity index is 1.17.